The molecule has 3 rings (SSSR count). The van der Waals surface area contributed by atoms with E-state index in [-0.39, 0.29) is 11.3 Å². The monoisotopic (exact) mass is 512 g/mol. The van der Waals surface area contributed by atoms with E-state index in [4.69, 9.17) is 16.3 Å². The number of hydrogen-bond acceptors (Lipinski definition) is 5. The number of unbranched alkanes of at least 4 members (excludes halogenated alkanes) is 2. The van der Waals surface area contributed by atoms with Gasteiger partial charge in [0, 0.05) is 17.1 Å². The zero-order chi connectivity index (χ0) is 26.1. The molecule has 0 aliphatic carbocycles. The third kappa shape index (κ3) is 6.68. The van der Waals surface area contributed by atoms with Crippen LogP contribution in [0.2, 0.25) is 5.02 Å². The van der Waals surface area contributed by atoms with Crippen LogP contribution < -0.4 is 4.74 Å². The second-order valence-corrected chi connectivity index (χ2v) is 9.61. The molecule has 1 fully saturated rings. The summed E-state index contributed by atoms with van der Waals surface area (Å²) in [5.74, 6) is -0.770. The number of carbonyl (C=O) groups excluding carboxylic acids is 2. The van der Waals surface area contributed by atoms with Gasteiger partial charge in [-0.25, -0.2) is 0 Å². The van der Waals surface area contributed by atoms with Crippen LogP contribution in [0.4, 0.5) is 0 Å². The molecule has 2 aromatic carbocycles. The number of nitrogens with zero attached hydrogens (tertiary/aromatic N) is 2. The summed E-state index contributed by atoms with van der Waals surface area (Å²) >= 11 is 6.01. The standard InChI is InChI=1S/C29H37ClN2O4/c1-4-6-17-31(18-7-5-2)19-8-20-32-26(21-11-15-24(36-3)16-12-21)25(28(34)29(32)35)27(33)22-9-13-23(30)14-10-22/h9-16,26,33H,4-8,17-20H2,1-3H3/t26-/m0/s1. The number of ether oxygens (including phenoxy) is 1. The molecule has 1 atom stereocenters. The molecule has 1 aliphatic rings. The van der Waals surface area contributed by atoms with Gasteiger partial charge in [0.15, 0.2) is 0 Å². The molecule has 36 heavy (non-hydrogen) atoms. The molecule has 0 unspecified atom stereocenters. The zero-order valence-corrected chi connectivity index (χ0v) is 22.3. The number of benzene rings is 2. The number of aliphatic hydroxyl groups excluding tert-OH is 1. The number of likely N-dealkylation sites (tertiary alicyclic amines) is 1. The van der Waals surface area contributed by atoms with E-state index in [0.717, 1.165) is 57.3 Å². The summed E-state index contributed by atoms with van der Waals surface area (Å²) in [6.07, 6.45) is 5.30. The third-order valence-electron chi connectivity index (χ3n) is 6.62. The highest BCUT2D eigenvalue weighted by atomic mass is 35.5. The number of ketones is 1. The van der Waals surface area contributed by atoms with E-state index in [9.17, 15) is 14.7 Å². The maximum atomic E-state index is 13.2. The normalized spacial score (nSPS) is 17.2. The fourth-order valence-electron chi connectivity index (χ4n) is 4.57. The molecule has 1 heterocycles. The van der Waals surface area contributed by atoms with Crippen LogP contribution in [0.15, 0.2) is 54.1 Å². The molecule has 6 nitrogen and oxygen atoms in total. The molecule has 1 amide bonds. The number of carbonyl (C=O) groups is 2. The van der Waals surface area contributed by atoms with Crippen LogP contribution in [0.5, 0.6) is 5.75 Å². The van der Waals surface area contributed by atoms with Crippen LogP contribution in [0, 0.1) is 0 Å². The van der Waals surface area contributed by atoms with Crippen LogP contribution in [0.1, 0.15) is 63.1 Å². The highest BCUT2D eigenvalue weighted by Crippen LogP contribution is 2.40. The van der Waals surface area contributed by atoms with E-state index in [0.29, 0.717) is 22.9 Å². The topological polar surface area (TPSA) is 70.1 Å². The summed E-state index contributed by atoms with van der Waals surface area (Å²) in [6, 6.07) is 13.2. The first kappa shape index (κ1) is 27.8. The summed E-state index contributed by atoms with van der Waals surface area (Å²) in [5, 5.41) is 11.7. The van der Waals surface area contributed by atoms with Gasteiger partial charge in [-0.3, -0.25) is 9.59 Å². The number of amides is 1. The third-order valence-corrected chi connectivity index (χ3v) is 6.87. The molecular weight excluding hydrogens is 476 g/mol. The minimum Gasteiger partial charge on any atom is -0.507 e. The highest BCUT2D eigenvalue weighted by molar-refractivity contribution is 6.46. The van der Waals surface area contributed by atoms with Crippen molar-refractivity contribution in [2.45, 2.75) is 52.0 Å². The SMILES string of the molecule is CCCCN(CCCC)CCCN1C(=O)C(=O)C(=C(O)c2ccc(Cl)cc2)[C@@H]1c1ccc(OC)cc1. The van der Waals surface area contributed by atoms with Crippen LogP contribution >= 0.6 is 11.6 Å². The number of rotatable bonds is 13. The van der Waals surface area contributed by atoms with Crippen LogP contribution in [0.25, 0.3) is 5.76 Å². The van der Waals surface area contributed by atoms with Gasteiger partial charge in [0.1, 0.15) is 11.5 Å². The Labute approximate surface area is 219 Å². The van der Waals surface area contributed by atoms with Crippen molar-refractivity contribution < 1.29 is 19.4 Å². The van der Waals surface area contributed by atoms with Crippen molar-refractivity contribution in [1.29, 1.82) is 0 Å². The Balaban J connectivity index is 1.91. The van der Waals surface area contributed by atoms with Crippen molar-refractivity contribution in [3.05, 3.63) is 70.3 Å². The van der Waals surface area contributed by atoms with Crippen molar-refractivity contribution in [2.24, 2.45) is 0 Å². The quantitative estimate of drug-likeness (QED) is 0.200. The smallest absolute Gasteiger partial charge is 0.295 e. The molecule has 0 bridgehead atoms. The Morgan fingerprint density at radius 3 is 2.08 bits per heavy atom. The molecule has 2 aromatic rings. The largest absolute Gasteiger partial charge is 0.507 e. The lowest BCUT2D eigenvalue weighted by Gasteiger charge is -2.27. The minimum absolute atomic E-state index is 0.0984. The molecule has 0 spiro atoms. The van der Waals surface area contributed by atoms with Crippen molar-refractivity contribution in [1.82, 2.24) is 9.80 Å². The fraction of sp³-hybridized carbons (Fsp3) is 0.448. The Morgan fingerprint density at radius 2 is 1.53 bits per heavy atom. The Kier molecular flexibility index (Phi) is 10.4. The predicted octanol–water partition coefficient (Wildman–Crippen LogP) is 6.06. The number of aliphatic hydroxyl groups is 1. The van der Waals surface area contributed by atoms with Gasteiger partial charge in [-0.1, -0.05) is 50.4 Å². The maximum absolute atomic E-state index is 13.2. The molecule has 0 aromatic heterocycles. The number of methoxy groups -OCH3 is 1. The first-order valence-electron chi connectivity index (χ1n) is 12.8. The highest BCUT2D eigenvalue weighted by Gasteiger charge is 2.45. The average molecular weight is 513 g/mol. The number of halogens is 1. The average Bonchev–Trinajstić information content (AvgIpc) is 3.15. The molecule has 1 aliphatic heterocycles. The second kappa shape index (κ2) is 13.5. The van der Waals surface area contributed by atoms with Gasteiger partial charge < -0.3 is 19.6 Å². The maximum Gasteiger partial charge on any atom is 0.295 e. The van der Waals surface area contributed by atoms with Crippen molar-refractivity contribution in [3.8, 4) is 5.75 Å². The van der Waals surface area contributed by atoms with E-state index in [1.54, 1.807) is 48.4 Å². The summed E-state index contributed by atoms with van der Waals surface area (Å²) in [5.41, 5.74) is 1.29. The van der Waals surface area contributed by atoms with Gasteiger partial charge in [-0.15, -0.1) is 0 Å². The van der Waals surface area contributed by atoms with E-state index < -0.39 is 17.7 Å². The number of hydrogen-bond donors (Lipinski definition) is 1. The van der Waals surface area contributed by atoms with E-state index >= 15 is 0 Å². The van der Waals surface area contributed by atoms with Gasteiger partial charge >= 0.3 is 0 Å². The minimum atomic E-state index is -0.675. The van der Waals surface area contributed by atoms with Gasteiger partial charge in [0.25, 0.3) is 11.7 Å². The summed E-state index contributed by atoms with van der Waals surface area (Å²) in [6.45, 7) is 7.73. The number of Topliss-reactive ketones (excluding diaryl/α,β-unsaturated/α-hetero) is 1. The van der Waals surface area contributed by atoms with Crippen LogP contribution in [-0.2, 0) is 9.59 Å². The lowest BCUT2D eigenvalue weighted by atomic mass is 9.95. The fourth-order valence-corrected chi connectivity index (χ4v) is 4.70. The molecule has 0 saturated carbocycles. The van der Waals surface area contributed by atoms with E-state index in [2.05, 4.69) is 18.7 Å². The molecule has 194 valence electrons. The van der Waals surface area contributed by atoms with Crippen molar-refractivity contribution in [3.63, 3.8) is 0 Å². The van der Waals surface area contributed by atoms with Crippen LogP contribution in [-0.4, -0.2) is 59.9 Å². The molecular formula is C29H37ClN2O4. The van der Waals surface area contributed by atoms with Gasteiger partial charge in [0.05, 0.1) is 18.7 Å². The Morgan fingerprint density at radius 1 is 0.944 bits per heavy atom. The van der Waals surface area contributed by atoms with Gasteiger partial charge in [-0.05, 0) is 80.9 Å². The molecule has 1 saturated heterocycles. The Hall–Kier alpha value is -2.83. The van der Waals surface area contributed by atoms with Gasteiger partial charge in [0.2, 0.25) is 0 Å². The van der Waals surface area contributed by atoms with Crippen LogP contribution in [0.3, 0.4) is 0 Å². The molecule has 7 heteroatoms. The van der Waals surface area contributed by atoms with E-state index in [1.165, 1.54) is 0 Å². The summed E-state index contributed by atoms with van der Waals surface area (Å²) in [7, 11) is 1.59. The summed E-state index contributed by atoms with van der Waals surface area (Å²) in [4.78, 5) is 30.5. The first-order chi connectivity index (χ1) is 17.4. The molecule has 1 N–H and O–H groups in total. The summed E-state index contributed by atoms with van der Waals surface area (Å²) < 4.78 is 5.28. The van der Waals surface area contributed by atoms with E-state index in [1.807, 2.05) is 12.1 Å². The lowest BCUT2D eigenvalue weighted by molar-refractivity contribution is -0.140. The predicted molar refractivity (Wildman–Crippen MR) is 144 cm³/mol. The second-order valence-electron chi connectivity index (χ2n) is 9.17. The van der Waals surface area contributed by atoms with Crippen molar-refractivity contribution in [2.75, 3.05) is 33.3 Å². The van der Waals surface area contributed by atoms with Crippen molar-refractivity contribution >= 4 is 29.1 Å². The Bertz CT molecular complexity index is 1040. The zero-order valence-electron chi connectivity index (χ0n) is 21.5. The first-order valence-corrected chi connectivity index (χ1v) is 13.2. The lowest BCUT2D eigenvalue weighted by Crippen LogP contribution is -2.34. The molecule has 0 radical (unpaired) electrons. The van der Waals surface area contributed by atoms with Gasteiger partial charge in [-0.2, -0.15) is 0 Å².